The van der Waals surface area contributed by atoms with Crippen molar-refractivity contribution in [2.45, 2.75) is 20.4 Å². The van der Waals surface area contributed by atoms with Gasteiger partial charge in [-0.2, -0.15) is 5.10 Å². The molecule has 1 aliphatic heterocycles. The van der Waals surface area contributed by atoms with E-state index in [0.29, 0.717) is 15.2 Å². The molecule has 5 nitrogen and oxygen atoms in total. The zero-order valence-corrected chi connectivity index (χ0v) is 19.9. The van der Waals surface area contributed by atoms with Crippen LogP contribution in [-0.2, 0) is 6.54 Å². The number of nitrogens with one attached hydrogen (secondary N) is 1. The smallest absolute Gasteiger partial charge is 0.173 e. The molecular weight excluding hydrogens is 449 g/mol. The van der Waals surface area contributed by atoms with E-state index >= 15 is 0 Å². The number of benzene rings is 2. The Morgan fingerprint density at radius 2 is 1.71 bits per heavy atom. The van der Waals surface area contributed by atoms with E-state index in [1.54, 1.807) is 12.1 Å². The van der Waals surface area contributed by atoms with Gasteiger partial charge in [0.1, 0.15) is 0 Å². The lowest BCUT2D eigenvalue weighted by Crippen LogP contribution is -2.49. The molecule has 1 aliphatic rings. The van der Waals surface area contributed by atoms with E-state index in [1.807, 2.05) is 28.9 Å². The molecule has 3 aromatic rings. The van der Waals surface area contributed by atoms with Gasteiger partial charge < -0.3 is 10.2 Å². The predicted molar refractivity (Wildman–Crippen MR) is 133 cm³/mol. The highest BCUT2D eigenvalue weighted by molar-refractivity contribution is 7.80. The molecule has 2 aromatic carbocycles. The molecule has 162 valence electrons. The molecule has 4 rings (SSSR count). The fourth-order valence-electron chi connectivity index (χ4n) is 3.83. The third-order valence-electron chi connectivity index (χ3n) is 5.65. The highest BCUT2D eigenvalue weighted by Crippen LogP contribution is 2.25. The first-order valence-corrected chi connectivity index (χ1v) is 11.4. The van der Waals surface area contributed by atoms with Crippen molar-refractivity contribution < 1.29 is 0 Å². The number of hydrogen-bond acceptors (Lipinski definition) is 3. The van der Waals surface area contributed by atoms with Crippen molar-refractivity contribution in [1.29, 1.82) is 0 Å². The highest BCUT2D eigenvalue weighted by atomic mass is 35.5. The molecule has 1 saturated heterocycles. The number of piperazine rings is 1. The Bertz CT molecular complexity index is 1080. The molecule has 1 N–H and O–H groups in total. The van der Waals surface area contributed by atoms with Crippen LogP contribution in [0, 0.1) is 13.8 Å². The van der Waals surface area contributed by atoms with Gasteiger partial charge in [0, 0.05) is 49.7 Å². The van der Waals surface area contributed by atoms with Crippen LogP contribution in [-0.4, -0.2) is 50.9 Å². The molecular formula is C23H25Cl2N5S. The van der Waals surface area contributed by atoms with Crippen molar-refractivity contribution in [2.75, 3.05) is 31.5 Å². The fraction of sp³-hybridized carbons (Fsp3) is 0.304. The molecule has 31 heavy (non-hydrogen) atoms. The maximum atomic E-state index is 6.10. The zero-order chi connectivity index (χ0) is 22.0. The topological polar surface area (TPSA) is 36.3 Å². The van der Waals surface area contributed by atoms with Gasteiger partial charge in [-0.1, -0.05) is 41.4 Å². The number of aryl methyl sites for hydroxylation is 1. The van der Waals surface area contributed by atoms with Gasteiger partial charge in [-0.15, -0.1) is 0 Å². The van der Waals surface area contributed by atoms with Crippen LogP contribution in [0.15, 0.2) is 48.5 Å². The van der Waals surface area contributed by atoms with Gasteiger partial charge in [0.05, 0.1) is 21.4 Å². The first kappa shape index (κ1) is 22.1. The van der Waals surface area contributed by atoms with Crippen molar-refractivity contribution in [1.82, 2.24) is 19.6 Å². The summed E-state index contributed by atoms with van der Waals surface area (Å²) in [6.45, 7) is 8.77. The Kier molecular flexibility index (Phi) is 6.82. The van der Waals surface area contributed by atoms with Gasteiger partial charge in [-0.3, -0.25) is 4.90 Å². The van der Waals surface area contributed by atoms with E-state index < -0.39 is 0 Å². The van der Waals surface area contributed by atoms with Gasteiger partial charge in [0.15, 0.2) is 5.11 Å². The number of anilines is 1. The van der Waals surface area contributed by atoms with Gasteiger partial charge >= 0.3 is 0 Å². The lowest BCUT2D eigenvalue weighted by atomic mass is 10.1. The maximum Gasteiger partial charge on any atom is 0.173 e. The van der Waals surface area contributed by atoms with Crippen molar-refractivity contribution >= 4 is 46.2 Å². The van der Waals surface area contributed by atoms with Crippen molar-refractivity contribution in [3.8, 4) is 5.69 Å². The van der Waals surface area contributed by atoms with Gasteiger partial charge in [-0.05, 0) is 56.4 Å². The number of nitrogens with zero attached hydrogens (tertiary/aromatic N) is 4. The molecule has 0 unspecified atom stereocenters. The monoisotopic (exact) mass is 473 g/mol. The number of hydrogen-bond donors (Lipinski definition) is 1. The average Bonchev–Trinajstić information content (AvgIpc) is 3.05. The highest BCUT2D eigenvalue weighted by Gasteiger charge is 2.22. The summed E-state index contributed by atoms with van der Waals surface area (Å²) >= 11 is 17.7. The van der Waals surface area contributed by atoms with E-state index in [0.717, 1.165) is 49.8 Å². The van der Waals surface area contributed by atoms with Crippen LogP contribution >= 0.6 is 35.4 Å². The lowest BCUT2D eigenvalue weighted by Gasteiger charge is -2.36. The van der Waals surface area contributed by atoms with Crippen molar-refractivity contribution in [3.63, 3.8) is 0 Å². The lowest BCUT2D eigenvalue weighted by molar-refractivity contribution is 0.176. The van der Waals surface area contributed by atoms with Gasteiger partial charge in [0.2, 0.25) is 0 Å². The average molecular weight is 474 g/mol. The largest absolute Gasteiger partial charge is 0.346 e. The molecule has 0 saturated carbocycles. The minimum absolute atomic E-state index is 0.515. The second kappa shape index (κ2) is 9.57. The van der Waals surface area contributed by atoms with Gasteiger partial charge in [0.25, 0.3) is 0 Å². The molecule has 0 spiro atoms. The molecule has 2 heterocycles. The number of halogens is 2. The Balaban J connectivity index is 1.36. The SMILES string of the molecule is Cc1nn(-c2ccccc2)c(C)c1CN1CCN(C(=S)Nc2ccc(Cl)c(Cl)c2)CC1. The molecule has 0 amide bonds. The summed E-state index contributed by atoms with van der Waals surface area (Å²) in [4.78, 5) is 4.66. The Morgan fingerprint density at radius 3 is 2.39 bits per heavy atom. The summed E-state index contributed by atoms with van der Waals surface area (Å²) < 4.78 is 2.04. The fourth-order valence-corrected chi connectivity index (χ4v) is 4.43. The number of para-hydroxylation sites is 1. The second-order valence-electron chi connectivity index (χ2n) is 7.72. The summed E-state index contributed by atoms with van der Waals surface area (Å²) in [7, 11) is 0. The molecule has 0 atom stereocenters. The first-order valence-electron chi connectivity index (χ1n) is 10.3. The maximum absolute atomic E-state index is 6.10. The van der Waals surface area contributed by atoms with Crippen LogP contribution in [0.5, 0.6) is 0 Å². The summed E-state index contributed by atoms with van der Waals surface area (Å²) in [5.41, 5.74) is 5.52. The van der Waals surface area contributed by atoms with E-state index in [4.69, 9.17) is 40.5 Å². The predicted octanol–water partition coefficient (Wildman–Crippen LogP) is 5.31. The standard InChI is InChI=1S/C23H25Cl2N5S/c1-16-20(17(2)30(27-16)19-6-4-3-5-7-19)15-28-10-12-29(13-11-28)23(31)26-18-8-9-21(24)22(25)14-18/h3-9,14H,10-13,15H2,1-2H3,(H,26,31). The summed E-state index contributed by atoms with van der Waals surface area (Å²) in [6.07, 6.45) is 0. The van der Waals surface area contributed by atoms with E-state index in [2.05, 4.69) is 41.1 Å². The van der Waals surface area contributed by atoms with Crippen LogP contribution in [0.1, 0.15) is 17.0 Å². The third-order valence-corrected chi connectivity index (χ3v) is 6.75. The molecule has 8 heteroatoms. The normalized spacial score (nSPS) is 14.6. The van der Waals surface area contributed by atoms with E-state index in [9.17, 15) is 0 Å². The van der Waals surface area contributed by atoms with Crippen LogP contribution in [0.3, 0.4) is 0 Å². The Morgan fingerprint density at radius 1 is 1.00 bits per heavy atom. The number of aromatic nitrogens is 2. The van der Waals surface area contributed by atoms with Crippen LogP contribution < -0.4 is 5.32 Å². The van der Waals surface area contributed by atoms with Crippen molar-refractivity contribution in [3.05, 3.63) is 75.5 Å². The molecule has 0 radical (unpaired) electrons. The minimum atomic E-state index is 0.515. The summed E-state index contributed by atoms with van der Waals surface area (Å²) in [6, 6.07) is 15.7. The number of thiocarbonyl (C=S) groups is 1. The van der Waals surface area contributed by atoms with Gasteiger partial charge in [-0.25, -0.2) is 4.68 Å². The van der Waals surface area contributed by atoms with Crippen LogP contribution in [0.25, 0.3) is 5.69 Å². The number of rotatable bonds is 4. The molecule has 0 aliphatic carbocycles. The summed E-state index contributed by atoms with van der Waals surface area (Å²) in [5, 5.41) is 9.80. The molecule has 1 fully saturated rings. The Labute approximate surface area is 198 Å². The van der Waals surface area contributed by atoms with Crippen molar-refractivity contribution in [2.24, 2.45) is 0 Å². The zero-order valence-electron chi connectivity index (χ0n) is 17.6. The van der Waals surface area contributed by atoms with Crippen LogP contribution in [0.2, 0.25) is 10.0 Å². The quantitative estimate of drug-likeness (QED) is 0.519. The first-order chi connectivity index (χ1) is 14.9. The second-order valence-corrected chi connectivity index (χ2v) is 8.92. The van der Waals surface area contributed by atoms with Crippen LogP contribution in [0.4, 0.5) is 5.69 Å². The third kappa shape index (κ3) is 5.04. The Hall–Kier alpha value is -2.12. The molecule has 0 bridgehead atoms. The summed E-state index contributed by atoms with van der Waals surface area (Å²) in [5.74, 6) is 0. The van der Waals surface area contributed by atoms with E-state index in [1.165, 1.54) is 11.3 Å². The van der Waals surface area contributed by atoms with E-state index in [-0.39, 0.29) is 0 Å². The minimum Gasteiger partial charge on any atom is -0.346 e. The molecule has 1 aromatic heterocycles.